The van der Waals surface area contributed by atoms with Gasteiger partial charge in [0.1, 0.15) is 0 Å². The summed E-state index contributed by atoms with van der Waals surface area (Å²) in [6, 6.07) is 17.3. The molecule has 0 bridgehead atoms. The Balaban J connectivity index is 1.53. The highest BCUT2D eigenvalue weighted by molar-refractivity contribution is 6.00. The van der Waals surface area contributed by atoms with Gasteiger partial charge in [-0.2, -0.15) is 0 Å². The van der Waals surface area contributed by atoms with Crippen molar-refractivity contribution in [2.24, 2.45) is 0 Å². The molecule has 1 aliphatic heterocycles. The lowest BCUT2D eigenvalue weighted by atomic mass is 10.1. The maximum absolute atomic E-state index is 12.6. The van der Waals surface area contributed by atoms with Gasteiger partial charge < -0.3 is 20.4 Å². The number of nitrogens with zero attached hydrogens (tertiary/aromatic N) is 2. The number of amides is 2. The first kappa shape index (κ1) is 19.3. The monoisotopic (exact) mass is 376 g/mol. The molecular formula is C22H24N4O2. The summed E-state index contributed by atoms with van der Waals surface area (Å²) in [5.74, 6) is 2.14. The summed E-state index contributed by atoms with van der Waals surface area (Å²) in [6.07, 6.45) is 5.19. The highest BCUT2D eigenvalue weighted by Crippen LogP contribution is 2.17. The lowest BCUT2D eigenvalue weighted by Crippen LogP contribution is -2.50. The molecule has 0 radical (unpaired) electrons. The van der Waals surface area contributed by atoms with Crippen LogP contribution in [0.5, 0.6) is 0 Å². The molecule has 6 heteroatoms. The summed E-state index contributed by atoms with van der Waals surface area (Å²) in [4.78, 5) is 28.9. The van der Waals surface area contributed by atoms with Gasteiger partial charge in [-0.05, 0) is 24.3 Å². The molecule has 1 fully saturated rings. The van der Waals surface area contributed by atoms with Crippen molar-refractivity contribution in [3.63, 3.8) is 0 Å². The lowest BCUT2D eigenvalue weighted by Gasteiger charge is -2.36. The molecule has 28 heavy (non-hydrogen) atoms. The van der Waals surface area contributed by atoms with Crippen LogP contribution in [-0.4, -0.2) is 56.0 Å². The second kappa shape index (κ2) is 9.47. The Bertz CT molecular complexity index is 852. The molecule has 0 saturated carbocycles. The number of piperazine rings is 1. The summed E-state index contributed by atoms with van der Waals surface area (Å²) in [6.45, 7) is 3.28. The van der Waals surface area contributed by atoms with E-state index in [2.05, 4.69) is 33.6 Å². The van der Waals surface area contributed by atoms with Gasteiger partial charge in [0.15, 0.2) is 0 Å². The standard InChI is InChI=1S/C22H24N4O2/c1-2-12-23-22(28)19-10-6-7-11-20(19)24-17-21(27)26-15-13-25(14-16-26)18-8-4-3-5-9-18/h1,3-11,24H,12-17H2,(H,23,28). The SMILES string of the molecule is C#CCNC(=O)c1ccccc1NCC(=O)N1CCN(c2ccccc2)CC1. The van der Waals surface area contributed by atoms with Crippen molar-refractivity contribution in [2.45, 2.75) is 0 Å². The van der Waals surface area contributed by atoms with Crippen molar-refractivity contribution in [3.05, 3.63) is 60.2 Å². The van der Waals surface area contributed by atoms with Gasteiger partial charge in [-0.1, -0.05) is 36.3 Å². The third-order valence-electron chi connectivity index (χ3n) is 4.71. The quantitative estimate of drug-likeness (QED) is 0.755. The first-order chi connectivity index (χ1) is 13.7. The van der Waals surface area contributed by atoms with E-state index in [0.717, 1.165) is 13.1 Å². The lowest BCUT2D eigenvalue weighted by molar-refractivity contribution is -0.129. The summed E-state index contributed by atoms with van der Waals surface area (Å²) in [5.41, 5.74) is 2.27. The van der Waals surface area contributed by atoms with E-state index in [1.54, 1.807) is 18.2 Å². The summed E-state index contributed by atoms with van der Waals surface area (Å²) in [7, 11) is 0. The van der Waals surface area contributed by atoms with E-state index >= 15 is 0 Å². The number of rotatable bonds is 6. The second-order valence-corrected chi connectivity index (χ2v) is 6.49. The highest BCUT2D eigenvalue weighted by Gasteiger charge is 2.21. The molecule has 3 rings (SSSR count). The Morgan fingerprint density at radius 3 is 2.36 bits per heavy atom. The van der Waals surface area contributed by atoms with E-state index in [9.17, 15) is 9.59 Å². The van der Waals surface area contributed by atoms with E-state index < -0.39 is 0 Å². The van der Waals surface area contributed by atoms with Gasteiger partial charge in [0, 0.05) is 37.6 Å². The van der Waals surface area contributed by atoms with Crippen molar-refractivity contribution >= 4 is 23.2 Å². The van der Waals surface area contributed by atoms with Crippen LogP contribution in [-0.2, 0) is 4.79 Å². The van der Waals surface area contributed by atoms with Crippen LogP contribution >= 0.6 is 0 Å². The zero-order valence-electron chi connectivity index (χ0n) is 15.7. The molecule has 1 aliphatic rings. The number of carbonyl (C=O) groups excluding carboxylic acids is 2. The molecule has 144 valence electrons. The predicted octanol–water partition coefficient (Wildman–Crippen LogP) is 1.81. The minimum Gasteiger partial charge on any atom is -0.376 e. The zero-order chi connectivity index (χ0) is 19.8. The van der Waals surface area contributed by atoms with Gasteiger partial charge in [0.05, 0.1) is 18.7 Å². The Hall–Kier alpha value is -3.46. The van der Waals surface area contributed by atoms with Crippen molar-refractivity contribution in [1.82, 2.24) is 10.2 Å². The van der Waals surface area contributed by atoms with E-state index in [-0.39, 0.29) is 24.9 Å². The molecule has 1 heterocycles. The minimum atomic E-state index is -0.259. The number of terminal acetylenes is 1. The topological polar surface area (TPSA) is 64.7 Å². The summed E-state index contributed by atoms with van der Waals surface area (Å²) in [5, 5.41) is 5.74. The molecule has 0 aromatic heterocycles. The second-order valence-electron chi connectivity index (χ2n) is 6.49. The van der Waals surface area contributed by atoms with Gasteiger partial charge in [0.2, 0.25) is 5.91 Å². The molecule has 6 nitrogen and oxygen atoms in total. The number of anilines is 2. The fraction of sp³-hybridized carbons (Fsp3) is 0.273. The van der Waals surface area contributed by atoms with Crippen LogP contribution in [0.2, 0.25) is 0 Å². The molecular weight excluding hydrogens is 352 g/mol. The number of hydrogen-bond acceptors (Lipinski definition) is 4. The smallest absolute Gasteiger partial charge is 0.254 e. The molecule has 2 aromatic rings. The fourth-order valence-electron chi connectivity index (χ4n) is 3.20. The van der Waals surface area contributed by atoms with Gasteiger partial charge in [-0.3, -0.25) is 9.59 Å². The average Bonchev–Trinajstić information content (AvgIpc) is 2.76. The van der Waals surface area contributed by atoms with Crippen molar-refractivity contribution in [2.75, 3.05) is 49.5 Å². The largest absolute Gasteiger partial charge is 0.376 e. The number of nitrogens with one attached hydrogen (secondary N) is 2. The number of benzene rings is 2. The van der Waals surface area contributed by atoms with E-state index in [4.69, 9.17) is 6.42 Å². The molecule has 0 aliphatic carbocycles. The Morgan fingerprint density at radius 2 is 1.64 bits per heavy atom. The predicted molar refractivity (Wildman–Crippen MR) is 111 cm³/mol. The van der Waals surface area contributed by atoms with Gasteiger partial charge in [-0.25, -0.2) is 0 Å². The highest BCUT2D eigenvalue weighted by atomic mass is 16.2. The van der Waals surface area contributed by atoms with E-state index in [0.29, 0.717) is 24.3 Å². The van der Waals surface area contributed by atoms with Crippen LogP contribution in [0.1, 0.15) is 10.4 Å². The van der Waals surface area contributed by atoms with Gasteiger partial charge in [0.25, 0.3) is 5.91 Å². The summed E-state index contributed by atoms with van der Waals surface area (Å²) >= 11 is 0. The maximum atomic E-state index is 12.6. The van der Waals surface area contributed by atoms with Crippen molar-refractivity contribution in [3.8, 4) is 12.3 Å². The third-order valence-corrected chi connectivity index (χ3v) is 4.71. The molecule has 2 N–H and O–H groups in total. The maximum Gasteiger partial charge on any atom is 0.254 e. The zero-order valence-corrected chi connectivity index (χ0v) is 15.7. The number of para-hydroxylation sites is 2. The Kier molecular flexibility index (Phi) is 6.53. The van der Waals surface area contributed by atoms with Crippen LogP contribution in [0, 0.1) is 12.3 Å². The number of hydrogen-bond donors (Lipinski definition) is 2. The first-order valence-corrected chi connectivity index (χ1v) is 9.31. The van der Waals surface area contributed by atoms with Crippen LogP contribution in [0.25, 0.3) is 0 Å². The van der Waals surface area contributed by atoms with Crippen LogP contribution in [0.3, 0.4) is 0 Å². The summed E-state index contributed by atoms with van der Waals surface area (Å²) < 4.78 is 0. The van der Waals surface area contributed by atoms with Crippen LogP contribution < -0.4 is 15.5 Å². The van der Waals surface area contributed by atoms with Gasteiger partial charge >= 0.3 is 0 Å². The van der Waals surface area contributed by atoms with Crippen molar-refractivity contribution < 1.29 is 9.59 Å². The van der Waals surface area contributed by atoms with Crippen LogP contribution in [0.4, 0.5) is 11.4 Å². The Labute approximate surface area is 165 Å². The number of carbonyl (C=O) groups is 2. The minimum absolute atomic E-state index is 0.0200. The van der Waals surface area contributed by atoms with Gasteiger partial charge in [-0.15, -0.1) is 6.42 Å². The average molecular weight is 376 g/mol. The van der Waals surface area contributed by atoms with E-state index in [1.165, 1.54) is 5.69 Å². The molecule has 0 unspecified atom stereocenters. The first-order valence-electron chi connectivity index (χ1n) is 9.31. The normalized spacial score (nSPS) is 13.5. The van der Waals surface area contributed by atoms with E-state index in [1.807, 2.05) is 29.2 Å². The molecule has 0 atom stereocenters. The third kappa shape index (κ3) is 4.83. The molecule has 1 saturated heterocycles. The fourth-order valence-corrected chi connectivity index (χ4v) is 3.20. The molecule has 2 aromatic carbocycles. The molecule has 0 spiro atoms. The molecule has 2 amide bonds. The Morgan fingerprint density at radius 1 is 0.964 bits per heavy atom. The van der Waals surface area contributed by atoms with Crippen LogP contribution in [0.15, 0.2) is 54.6 Å². The van der Waals surface area contributed by atoms with Crippen molar-refractivity contribution in [1.29, 1.82) is 0 Å².